The molecule has 440 valence electrons. The first-order valence-corrected chi connectivity index (χ1v) is 26.7. The van der Waals surface area contributed by atoms with E-state index in [4.69, 9.17) is 35.3 Å². The predicted molar refractivity (Wildman–Crippen MR) is 301 cm³/mol. The van der Waals surface area contributed by atoms with Crippen LogP contribution in [0.1, 0.15) is 116 Å². The lowest BCUT2D eigenvalue weighted by molar-refractivity contribution is -0.152. The summed E-state index contributed by atoms with van der Waals surface area (Å²) in [5.74, 6) is -6.91. The minimum absolute atomic E-state index is 0.000832. The summed E-state index contributed by atoms with van der Waals surface area (Å²) in [7, 11) is 2.30. The van der Waals surface area contributed by atoms with E-state index in [9.17, 15) is 43.2 Å². The lowest BCUT2D eigenvalue weighted by Crippen LogP contribution is -2.55. The number of ether oxygens (including phenoxy) is 6. The number of rotatable bonds is 16. The number of carbonyl (C=O) groups is 10. The van der Waals surface area contributed by atoms with E-state index in [1.807, 2.05) is 12.1 Å². The summed E-state index contributed by atoms with van der Waals surface area (Å²) in [6.45, 7) is 15.4. The summed E-state index contributed by atoms with van der Waals surface area (Å²) in [5.41, 5.74) is -0.697. The van der Waals surface area contributed by atoms with Crippen molar-refractivity contribution in [3.05, 3.63) is 107 Å². The van der Waals surface area contributed by atoms with Gasteiger partial charge in [-0.3, -0.25) is 28.8 Å². The molecule has 4 bridgehead atoms. The molecule has 0 saturated carbocycles. The average molecular weight is 1160 g/mol. The number of carbonyl (C=O) groups excluding carboxylic acids is 10. The van der Waals surface area contributed by atoms with E-state index in [-0.39, 0.29) is 65.1 Å². The number of methoxy groups -OCH3 is 1. The number of amides is 6. The number of likely N-dealkylation sites (N-methyl/N-ethyl adjacent to an activating group) is 1. The number of Topliss-reactive ketones (excluding diaryl/α,β-unsaturated/α-hetero) is 1. The lowest BCUT2D eigenvalue weighted by Gasteiger charge is -2.32. The van der Waals surface area contributed by atoms with Crippen molar-refractivity contribution in [2.45, 2.75) is 136 Å². The number of nitrogens with one attached hydrogen (secondary N) is 5. The third-order valence-corrected chi connectivity index (χ3v) is 12.2. The molecule has 0 fully saturated rings. The van der Waals surface area contributed by atoms with Crippen molar-refractivity contribution < 1.29 is 76.4 Å². The Bertz CT molecular complexity index is 3040. The third-order valence-electron chi connectivity index (χ3n) is 12.0. The van der Waals surface area contributed by atoms with Gasteiger partial charge in [0, 0.05) is 41.7 Å². The molecule has 0 aromatic heterocycles. The lowest BCUT2D eigenvalue weighted by atomic mass is 9.93. The van der Waals surface area contributed by atoms with Gasteiger partial charge in [-0.2, -0.15) is 0 Å². The molecule has 0 aliphatic carbocycles. The largest absolute Gasteiger partial charge is 0.514 e. The van der Waals surface area contributed by atoms with Crippen LogP contribution in [0, 0.1) is 0 Å². The fourth-order valence-corrected chi connectivity index (χ4v) is 8.34. The molecule has 4 aromatic carbocycles. The van der Waals surface area contributed by atoms with Crippen molar-refractivity contribution in [1.29, 1.82) is 0 Å². The summed E-state index contributed by atoms with van der Waals surface area (Å²) in [5, 5.41) is 13.6. The number of fused-ring (bicyclic) bond motifs is 5. The van der Waals surface area contributed by atoms with Crippen LogP contribution in [0.4, 0.5) is 14.4 Å². The van der Waals surface area contributed by atoms with Crippen molar-refractivity contribution in [1.82, 2.24) is 31.5 Å². The van der Waals surface area contributed by atoms with Gasteiger partial charge in [-0.1, -0.05) is 48.0 Å². The molecular formula is C59H71ClN6O16. The molecule has 22 nitrogen and oxygen atoms in total. The normalized spacial score (nSPS) is 15.3. The summed E-state index contributed by atoms with van der Waals surface area (Å²) >= 11 is 6.10. The van der Waals surface area contributed by atoms with Gasteiger partial charge in [0.25, 0.3) is 11.7 Å². The van der Waals surface area contributed by atoms with E-state index in [0.717, 1.165) is 23.1 Å². The first-order chi connectivity index (χ1) is 38.3. The van der Waals surface area contributed by atoms with E-state index in [2.05, 4.69) is 31.3 Å². The molecule has 82 heavy (non-hydrogen) atoms. The van der Waals surface area contributed by atoms with Gasteiger partial charge in [0.2, 0.25) is 23.6 Å². The van der Waals surface area contributed by atoms with Gasteiger partial charge in [0.15, 0.2) is 0 Å². The van der Waals surface area contributed by atoms with Gasteiger partial charge in [-0.25, -0.2) is 19.2 Å². The second-order valence-electron chi connectivity index (χ2n) is 22.2. The van der Waals surface area contributed by atoms with Crippen molar-refractivity contribution in [3.63, 3.8) is 0 Å². The predicted octanol–water partition coefficient (Wildman–Crippen LogP) is 7.70. The minimum atomic E-state index is -1.66. The molecule has 6 amide bonds. The number of halogens is 1. The molecule has 4 atom stereocenters. The van der Waals surface area contributed by atoms with Gasteiger partial charge in [-0.05, 0) is 159 Å². The summed E-state index contributed by atoms with van der Waals surface area (Å²) in [6, 6.07) is 16.2. The molecule has 0 spiro atoms. The van der Waals surface area contributed by atoms with E-state index < -0.39 is 107 Å². The molecule has 5 rings (SSSR count). The Labute approximate surface area is 480 Å². The van der Waals surface area contributed by atoms with E-state index >= 15 is 4.79 Å². The Kier molecular flexibility index (Phi) is 21.8. The molecule has 1 heterocycles. The topological polar surface area (TPSA) is 289 Å². The fourth-order valence-electron chi connectivity index (χ4n) is 8.21. The Balaban J connectivity index is 1.65. The monoisotopic (exact) mass is 1150 g/mol. The average Bonchev–Trinajstić information content (AvgIpc) is 3.21. The molecule has 0 unspecified atom stereocenters. The first kappa shape index (κ1) is 64.3. The van der Waals surface area contributed by atoms with Crippen molar-refractivity contribution >= 4 is 71.3 Å². The van der Waals surface area contributed by atoms with E-state index in [1.165, 1.54) is 50.4 Å². The Hall–Kier alpha value is -8.53. The Morgan fingerprint density at radius 2 is 1.26 bits per heavy atom. The molecule has 1 aliphatic heterocycles. The quantitative estimate of drug-likeness (QED) is 0.0236. The zero-order chi connectivity index (χ0) is 60.9. The number of nitrogens with zero attached hydrogens (tertiary/aromatic N) is 1. The van der Waals surface area contributed by atoms with Crippen molar-refractivity contribution in [2.75, 3.05) is 27.2 Å². The maximum atomic E-state index is 15.2. The van der Waals surface area contributed by atoms with Crippen LogP contribution < -0.4 is 36.1 Å². The van der Waals surface area contributed by atoms with Gasteiger partial charge >= 0.3 is 24.4 Å². The standard InChI is InChI=1S/C59H71ClN6O16/c1-33(48(68)53(73)77-12)63-50(70)43-30-34-16-26-44(78-55(75)81-58(5,6)7)40(29-34)41-31-38(23-27-45(41)79-56(76)82-59(8,9)10)47(51(71)62-32-46(67)64-43)66(11)52(72)42(15-13-14-28-61-54(74)80-57(2,3)4)65-49(69)37-19-17-35(18-20-37)36-21-24-39(60)25-22-36/h16-27,29,31,33,42-43,47H,13-15,28,30,32H2,1-12H3,(H,61,74)(H,62,71)(H,63,70)(H,64,67)(H,65,69)/t33-,42-,43-,47-/m0/s1. The highest BCUT2D eigenvalue weighted by atomic mass is 35.5. The van der Waals surface area contributed by atoms with Gasteiger partial charge < -0.3 is 59.9 Å². The number of unbranched alkanes of at least 4 members (excludes halogenated alkanes) is 1. The summed E-state index contributed by atoms with van der Waals surface area (Å²) in [4.78, 5) is 137. The van der Waals surface area contributed by atoms with Crippen molar-refractivity contribution in [2.24, 2.45) is 0 Å². The Morgan fingerprint density at radius 3 is 1.82 bits per heavy atom. The fraction of sp³-hybridized carbons (Fsp3) is 0.424. The van der Waals surface area contributed by atoms with E-state index in [1.54, 1.807) is 98.7 Å². The van der Waals surface area contributed by atoms with Crippen LogP contribution in [0.5, 0.6) is 11.5 Å². The number of hydrogen-bond acceptors (Lipinski definition) is 16. The van der Waals surface area contributed by atoms with Crippen LogP contribution in [-0.4, -0.2) is 127 Å². The molecule has 23 heteroatoms. The van der Waals surface area contributed by atoms with Crippen LogP contribution >= 0.6 is 11.6 Å². The highest BCUT2D eigenvalue weighted by molar-refractivity contribution is 6.36. The highest BCUT2D eigenvalue weighted by Crippen LogP contribution is 2.41. The summed E-state index contributed by atoms with van der Waals surface area (Å²) < 4.78 is 32.5. The highest BCUT2D eigenvalue weighted by Gasteiger charge is 2.36. The van der Waals surface area contributed by atoms with E-state index in [0.29, 0.717) is 11.4 Å². The maximum absolute atomic E-state index is 15.2. The molecule has 4 aromatic rings. The summed E-state index contributed by atoms with van der Waals surface area (Å²) in [6.07, 6.45) is -2.70. The van der Waals surface area contributed by atoms with Crippen LogP contribution in [0.2, 0.25) is 5.02 Å². The smallest absolute Gasteiger partial charge is 0.463 e. The van der Waals surface area contributed by atoms with Crippen LogP contribution in [0.3, 0.4) is 0 Å². The zero-order valence-corrected chi connectivity index (χ0v) is 48.7. The first-order valence-electron chi connectivity index (χ1n) is 26.3. The molecule has 1 aliphatic rings. The number of ketones is 1. The number of alkyl carbamates (subject to hydrolysis) is 1. The van der Waals surface area contributed by atoms with Gasteiger partial charge in [-0.15, -0.1) is 0 Å². The molecular weight excluding hydrogens is 1080 g/mol. The second-order valence-corrected chi connectivity index (χ2v) is 22.7. The SMILES string of the molecule is COC(=O)C(=O)[C@H](C)NC(=O)[C@@H]1Cc2ccc(OC(=O)OC(C)(C)C)c(c2)-c2cc(ccc2OC(=O)OC(C)(C)C)[C@H](N(C)C(=O)[C@H](CCCCNC(=O)OC(C)(C)C)NC(=O)c2ccc(-c3ccc(Cl)cc3)cc2)C(=O)NCC(=O)N1. The van der Waals surface area contributed by atoms with Gasteiger partial charge in [0.1, 0.15) is 46.4 Å². The molecule has 0 saturated heterocycles. The zero-order valence-electron chi connectivity index (χ0n) is 48.0. The Morgan fingerprint density at radius 1 is 0.707 bits per heavy atom. The third kappa shape index (κ3) is 19.3. The number of benzene rings is 4. The van der Waals surface area contributed by atoms with Gasteiger partial charge in [0.05, 0.1) is 19.7 Å². The number of esters is 1. The second kappa shape index (κ2) is 27.8. The molecule has 0 radical (unpaired) electrons. The number of hydrogen-bond donors (Lipinski definition) is 5. The van der Waals surface area contributed by atoms with Crippen LogP contribution in [0.25, 0.3) is 22.3 Å². The van der Waals surface area contributed by atoms with Crippen LogP contribution in [-0.2, 0) is 54.1 Å². The minimum Gasteiger partial charge on any atom is -0.463 e. The molecule has 5 N–H and O–H groups in total. The van der Waals surface area contributed by atoms with Crippen LogP contribution in [0.15, 0.2) is 84.9 Å². The maximum Gasteiger partial charge on any atom is 0.514 e. The van der Waals surface area contributed by atoms with Crippen molar-refractivity contribution in [3.8, 4) is 33.8 Å².